The fourth-order valence-corrected chi connectivity index (χ4v) is 3.99. The molecule has 0 fully saturated rings. The van der Waals surface area contributed by atoms with E-state index in [1.807, 2.05) is 13.8 Å². The second-order valence-electron chi connectivity index (χ2n) is 8.74. The van der Waals surface area contributed by atoms with E-state index in [1.165, 1.54) is 13.0 Å². The van der Waals surface area contributed by atoms with Gasteiger partial charge in [0.05, 0.1) is 35.1 Å². The molecule has 0 amide bonds. The molecule has 4 rings (SSSR count). The van der Waals surface area contributed by atoms with Crippen LogP contribution in [0.15, 0.2) is 60.8 Å². The predicted molar refractivity (Wildman–Crippen MR) is 133 cm³/mol. The summed E-state index contributed by atoms with van der Waals surface area (Å²) in [5, 5.41) is 13.6. The lowest BCUT2D eigenvalue weighted by atomic mass is 10.1. The highest BCUT2D eigenvalue weighted by Crippen LogP contribution is 2.37. The summed E-state index contributed by atoms with van der Waals surface area (Å²) in [5.41, 5.74) is 1.10. The number of carbonyl (C=O) groups is 2. The highest BCUT2D eigenvalue weighted by atomic mass is 19.4. The number of aromatic nitrogens is 2. The van der Waals surface area contributed by atoms with Gasteiger partial charge in [-0.1, -0.05) is 6.07 Å². The molecule has 192 valence electrons. The normalized spacial score (nSPS) is 11.6. The van der Waals surface area contributed by atoms with Crippen molar-refractivity contribution in [3.05, 3.63) is 72.1 Å². The Kier molecular flexibility index (Phi) is 6.93. The number of hydrogen-bond acceptors (Lipinski definition) is 5. The van der Waals surface area contributed by atoms with E-state index in [4.69, 9.17) is 4.74 Å². The fourth-order valence-electron chi connectivity index (χ4n) is 3.99. The summed E-state index contributed by atoms with van der Waals surface area (Å²) in [5.74, 6) is -0.801. The summed E-state index contributed by atoms with van der Waals surface area (Å²) in [6.07, 6.45) is -3.79. The Morgan fingerprint density at radius 1 is 1.08 bits per heavy atom. The summed E-state index contributed by atoms with van der Waals surface area (Å²) >= 11 is 0. The van der Waals surface area contributed by atoms with Crippen molar-refractivity contribution < 1.29 is 32.6 Å². The van der Waals surface area contributed by atoms with Gasteiger partial charge in [0.25, 0.3) is 0 Å². The summed E-state index contributed by atoms with van der Waals surface area (Å²) in [4.78, 5) is 28.1. The maximum absolute atomic E-state index is 13.0. The molecule has 0 aliphatic carbocycles. The molecule has 0 atom stereocenters. The van der Waals surface area contributed by atoms with Crippen molar-refractivity contribution in [3.8, 4) is 22.7 Å². The molecule has 0 saturated carbocycles. The maximum Gasteiger partial charge on any atom is 0.417 e. The minimum Gasteiger partial charge on any atom is -0.491 e. The van der Waals surface area contributed by atoms with E-state index in [-0.39, 0.29) is 35.5 Å². The van der Waals surface area contributed by atoms with Crippen LogP contribution in [0.1, 0.15) is 36.8 Å². The first-order chi connectivity index (χ1) is 17.5. The van der Waals surface area contributed by atoms with Gasteiger partial charge in [-0.25, -0.2) is 4.79 Å². The summed E-state index contributed by atoms with van der Waals surface area (Å²) in [6, 6.07) is 14.1. The van der Waals surface area contributed by atoms with E-state index in [0.29, 0.717) is 27.9 Å². The smallest absolute Gasteiger partial charge is 0.417 e. The Bertz CT molecular complexity index is 1460. The van der Waals surface area contributed by atoms with Gasteiger partial charge in [-0.05, 0) is 69.3 Å². The molecule has 2 N–H and O–H groups in total. The van der Waals surface area contributed by atoms with Crippen LogP contribution in [0.4, 0.5) is 18.9 Å². The number of nitrogens with zero attached hydrogens (tertiary/aromatic N) is 2. The molecule has 2 heterocycles. The molecule has 7 nitrogen and oxygen atoms in total. The lowest BCUT2D eigenvalue weighted by molar-refractivity contribution is -0.137. The number of nitrogens with one attached hydrogen (secondary N) is 1. The molecular formula is C27H24F3N3O4. The molecular weight excluding hydrogens is 487 g/mol. The fraction of sp³-hybridized carbons (Fsp3) is 0.222. The standard InChI is InChI=1S/C27H24F3N3O4/c1-15(2)37-20-8-6-19(7-9-20)33-23-11-4-17(22-10-5-18(14-31-22)27(28,29)30)12-21(23)24(25(33)26(35)36)32-13-16(3)34/h4-12,14-15,32H,13H2,1-3H3,(H,35,36). The Morgan fingerprint density at radius 3 is 2.32 bits per heavy atom. The average molecular weight is 512 g/mol. The van der Waals surface area contributed by atoms with Crippen molar-refractivity contribution in [1.29, 1.82) is 0 Å². The lowest BCUT2D eigenvalue weighted by Crippen LogP contribution is -2.14. The van der Waals surface area contributed by atoms with E-state index in [1.54, 1.807) is 47.0 Å². The van der Waals surface area contributed by atoms with Crippen molar-refractivity contribution in [1.82, 2.24) is 9.55 Å². The van der Waals surface area contributed by atoms with Crippen molar-refractivity contribution in [3.63, 3.8) is 0 Å². The van der Waals surface area contributed by atoms with Gasteiger partial charge in [0, 0.05) is 22.8 Å². The highest BCUT2D eigenvalue weighted by molar-refractivity contribution is 6.09. The highest BCUT2D eigenvalue weighted by Gasteiger charge is 2.31. The molecule has 0 aliphatic rings. The SMILES string of the molecule is CC(=O)CNc1c(C(=O)O)n(-c2ccc(OC(C)C)cc2)c2ccc(-c3ccc(C(F)(F)F)cn3)cc12. The number of carboxylic acid groups (broad SMARTS) is 1. The van der Waals surface area contributed by atoms with Crippen LogP contribution in [0.5, 0.6) is 5.75 Å². The number of aromatic carboxylic acids is 1. The van der Waals surface area contributed by atoms with Crippen LogP contribution in [-0.2, 0) is 11.0 Å². The van der Waals surface area contributed by atoms with E-state index < -0.39 is 17.7 Å². The third-order valence-electron chi connectivity index (χ3n) is 5.54. The first-order valence-electron chi connectivity index (χ1n) is 11.4. The van der Waals surface area contributed by atoms with Crippen molar-refractivity contribution in [2.45, 2.75) is 33.1 Å². The number of ketones is 1. The molecule has 0 unspecified atom stereocenters. The lowest BCUT2D eigenvalue weighted by Gasteiger charge is -2.13. The topological polar surface area (TPSA) is 93.5 Å². The zero-order chi connectivity index (χ0) is 26.9. The minimum atomic E-state index is -4.51. The molecule has 4 aromatic rings. The van der Waals surface area contributed by atoms with Gasteiger partial charge in [0.1, 0.15) is 11.5 Å². The molecule has 0 aliphatic heterocycles. The molecule has 0 saturated heterocycles. The Morgan fingerprint density at radius 2 is 1.78 bits per heavy atom. The number of carbonyl (C=O) groups excluding carboxylic acids is 1. The number of ether oxygens (including phenoxy) is 1. The van der Waals surface area contributed by atoms with E-state index in [0.717, 1.165) is 12.3 Å². The number of hydrogen-bond donors (Lipinski definition) is 2. The van der Waals surface area contributed by atoms with Gasteiger partial charge in [-0.2, -0.15) is 13.2 Å². The number of benzene rings is 2. The molecule has 2 aromatic heterocycles. The van der Waals surface area contributed by atoms with E-state index >= 15 is 0 Å². The summed E-state index contributed by atoms with van der Waals surface area (Å²) < 4.78 is 46.1. The zero-order valence-electron chi connectivity index (χ0n) is 20.3. The zero-order valence-corrected chi connectivity index (χ0v) is 20.3. The largest absolute Gasteiger partial charge is 0.491 e. The van der Waals surface area contributed by atoms with Gasteiger partial charge in [-0.15, -0.1) is 0 Å². The number of carboxylic acids is 1. The second-order valence-corrected chi connectivity index (χ2v) is 8.74. The number of rotatable bonds is 8. The number of pyridine rings is 1. The van der Waals surface area contributed by atoms with Gasteiger partial charge in [-0.3, -0.25) is 9.78 Å². The van der Waals surface area contributed by atoms with Crippen molar-refractivity contribution >= 4 is 28.3 Å². The summed E-state index contributed by atoms with van der Waals surface area (Å²) in [7, 11) is 0. The number of anilines is 1. The molecule has 0 bridgehead atoms. The molecule has 2 aromatic carbocycles. The number of Topliss-reactive ketones (excluding diaryl/α,β-unsaturated/α-hetero) is 1. The van der Waals surface area contributed by atoms with E-state index in [9.17, 15) is 27.9 Å². The van der Waals surface area contributed by atoms with Crippen LogP contribution >= 0.6 is 0 Å². The summed E-state index contributed by atoms with van der Waals surface area (Å²) in [6.45, 7) is 5.05. The van der Waals surface area contributed by atoms with Crippen LogP contribution < -0.4 is 10.1 Å². The molecule has 0 spiro atoms. The van der Waals surface area contributed by atoms with Crippen LogP contribution in [0.3, 0.4) is 0 Å². The van der Waals surface area contributed by atoms with Gasteiger partial charge < -0.3 is 19.7 Å². The monoisotopic (exact) mass is 511 g/mol. The third kappa shape index (κ3) is 5.42. The Balaban J connectivity index is 1.90. The molecule has 0 radical (unpaired) electrons. The van der Waals surface area contributed by atoms with Crippen molar-refractivity contribution in [2.75, 3.05) is 11.9 Å². The first-order valence-corrected chi connectivity index (χ1v) is 11.4. The first kappa shape index (κ1) is 25.7. The maximum atomic E-state index is 13.0. The van der Waals surface area contributed by atoms with Crippen LogP contribution in [-0.4, -0.2) is 39.1 Å². The van der Waals surface area contributed by atoms with Gasteiger partial charge >= 0.3 is 12.1 Å². The predicted octanol–water partition coefficient (Wildman–Crippen LogP) is 6.20. The van der Waals surface area contributed by atoms with Crippen molar-refractivity contribution in [2.24, 2.45) is 0 Å². The van der Waals surface area contributed by atoms with Crippen LogP contribution in [0.2, 0.25) is 0 Å². The Labute approximate surface area is 210 Å². The van der Waals surface area contributed by atoms with Gasteiger partial charge in [0.15, 0.2) is 5.69 Å². The number of halogens is 3. The quantitative estimate of drug-likeness (QED) is 0.293. The number of alkyl halides is 3. The van der Waals surface area contributed by atoms with Gasteiger partial charge in [0.2, 0.25) is 0 Å². The van der Waals surface area contributed by atoms with E-state index in [2.05, 4.69) is 10.3 Å². The minimum absolute atomic E-state index is 0.0348. The van der Waals surface area contributed by atoms with Crippen LogP contribution in [0.25, 0.3) is 27.8 Å². The molecule has 10 heteroatoms. The second kappa shape index (κ2) is 9.96. The number of fused-ring (bicyclic) bond motifs is 1. The molecule has 37 heavy (non-hydrogen) atoms. The Hall–Kier alpha value is -4.34. The van der Waals surface area contributed by atoms with Crippen LogP contribution in [0, 0.1) is 0 Å². The average Bonchev–Trinajstić information content (AvgIpc) is 3.16. The third-order valence-corrected chi connectivity index (χ3v) is 5.54.